The van der Waals surface area contributed by atoms with Gasteiger partial charge < -0.3 is 9.73 Å². The van der Waals surface area contributed by atoms with E-state index in [0.717, 1.165) is 18.4 Å². The molecule has 0 bridgehead atoms. The van der Waals surface area contributed by atoms with Crippen LogP contribution in [-0.2, 0) is 16.4 Å². The Morgan fingerprint density at radius 2 is 1.75 bits per heavy atom. The Morgan fingerprint density at radius 3 is 2.44 bits per heavy atom. The maximum atomic E-state index is 12.9. The molecular formula is C23H26N4O4S. The molecule has 3 aromatic rings. The van der Waals surface area contributed by atoms with Crippen LogP contribution in [0.4, 0.5) is 0 Å². The Labute approximate surface area is 187 Å². The van der Waals surface area contributed by atoms with Crippen LogP contribution in [0.15, 0.2) is 63.9 Å². The van der Waals surface area contributed by atoms with Gasteiger partial charge in [0.1, 0.15) is 0 Å². The Balaban J connectivity index is 1.38. The lowest BCUT2D eigenvalue weighted by Crippen LogP contribution is -2.37. The predicted octanol–water partition coefficient (Wildman–Crippen LogP) is 3.13. The van der Waals surface area contributed by atoms with Crippen molar-refractivity contribution in [2.75, 3.05) is 19.6 Å². The number of hydrogen-bond acceptors (Lipinski definition) is 6. The highest BCUT2D eigenvalue weighted by Gasteiger charge is 2.28. The van der Waals surface area contributed by atoms with Crippen LogP contribution in [0.5, 0.6) is 0 Å². The lowest BCUT2D eigenvalue weighted by Gasteiger charge is -2.29. The second-order valence-electron chi connectivity index (χ2n) is 8.01. The van der Waals surface area contributed by atoms with E-state index in [1.165, 1.54) is 16.4 Å². The third-order valence-corrected chi connectivity index (χ3v) is 7.56. The van der Waals surface area contributed by atoms with Crippen molar-refractivity contribution >= 4 is 15.9 Å². The molecule has 4 rings (SSSR count). The van der Waals surface area contributed by atoms with Crippen molar-refractivity contribution in [1.82, 2.24) is 19.8 Å². The fraction of sp³-hybridized carbons (Fsp3) is 0.348. The van der Waals surface area contributed by atoms with Crippen molar-refractivity contribution in [3.8, 4) is 11.5 Å². The number of carbonyl (C=O) groups excluding carboxylic acids is 1. The van der Waals surface area contributed by atoms with E-state index in [4.69, 9.17) is 4.42 Å². The second-order valence-corrected chi connectivity index (χ2v) is 9.95. The van der Waals surface area contributed by atoms with E-state index in [9.17, 15) is 13.2 Å². The first kappa shape index (κ1) is 22.2. The zero-order valence-electron chi connectivity index (χ0n) is 17.9. The topological polar surface area (TPSA) is 105 Å². The van der Waals surface area contributed by atoms with E-state index in [2.05, 4.69) is 22.4 Å². The highest BCUT2D eigenvalue weighted by atomic mass is 32.2. The normalized spacial score (nSPS) is 15.5. The average Bonchev–Trinajstić information content (AvgIpc) is 3.31. The molecule has 0 atom stereocenters. The summed E-state index contributed by atoms with van der Waals surface area (Å²) in [6.07, 6.45) is 2.43. The van der Waals surface area contributed by atoms with Gasteiger partial charge in [-0.1, -0.05) is 37.3 Å². The molecule has 1 fully saturated rings. The van der Waals surface area contributed by atoms with Crippen LogP contribution in [-0.4, -0.2) is 48.5 Å². The van der Waals surface area contributed by atoms with Gasteiger partial charge in [-0.2, -0.15) is 4.31 Å². The van der Waals surface area contributed by atoms with Crippen molar-refractivity contribution in [1.29, 1.82) is 0 Å². The molecule has 1 amide bonds. The molecule has 168 valence electrons. The number of carbonyl (C=O) groups is 1. The molecule has 0 aliphatic carbocycles. The van der Waals surface area contributed by atoms with Gasteiger partial charge in [-0.15, -0.1) is 10.2 Å². The average molecular weight is 455 g/mol. The van der Waals surface area contributed by atoms with Crippen molar-refractivity contribution < 1.29 is 17.6 Å². The Bertz CT molecular complexity index is 1150. The molecule has 1 aliphatic rings. The molecule has 0 radical (unpaired) electrons. The minimum atomic E-state index is -3.52. The first-order valence-electron chi connectivity index (χ1n) is 10.7. The quantitative estimate of drug-likeness (QED) is 0.588. The van der Waals surface area contributed by atoms with Gasteiger partial charge >= 0.3 is 11.8 Å². The molecule has 2 heterocycles. The van der Waals surface area contributed by atoms with Crippen LogP contribution in [0.25, 0.3) is 11.5 Å². The monoisotopic (exact) mass is 454 g/mol. The van der Waals surface area contributed by atoms with Crippen LogP contribution in [0.2, 0.25) is 0 Å². The summed E-state index contributed by atoms with van der Waals surface area (Å²) in [5, 5.41) is 10.5. The van der Waals surface area contributed by atoms with Gasteiger partial charge in [0.05, 0.1) is 4.90 Å². The molecule has 9 heteroatoms. The summed E-state index contributed by atoms with van der Waals surface area (Å²) in [5.41, 5.74) is 1.67. The van der Waals surface area contributed by atoms with Gasteiger partial charge in [-0.3, -0.25) is 4.79 Å². The van der Waals surface area contributed by atoms with Crippen molar-refractivity contribution in [3.05, 3.63) is 66.1 Å². The standard InChI is InChI=1S/C23H26N4O4S/c1-17-12-15-27(16-13-17)32(29,30)20-9-7-19(8-10-20)22-25-26-23(31-22)21(28)24-14-11-18-5-3-2-4-6-18/h2-10,17H,11-16H2,1H3,(H,24,28). The Hall–Kier alpha value is -3.04. The minimum Gasteiger partial charge on any atom is -0.412 e. The van der Waals surface area contributed by atoms with Crippen LogP contribution in [0.3, 0.4) is 0 Å². The highest BCUT2D eigenvalue weighted by Crippen LogP contribution is 2.25. The second kappa shape index (κ2) is 9.62. The summed E-state index contributed by atoms with van der Waals surface area (Å²) in [5.74, 6) is 0.130. The highest BCUT2D eigenvalue weighted by molar-refractivity contribution is 7.89. The van der Waals surface area contributed by atoms with Crippen LogP contribution >= 0.6 is 0 Å². The summed E-state index contributed by atoms with van der Waals surface area (Å²) in [7, 11) is -3.52. The molecule has 1 N–H and O–H groups in total. The molecule has 1 saturated heterocycles. The van der Waals surface area contributed by atoms with Crippen LogP contribution < -0.4 is 5.32 Å². The van der Waals surface area contributed by atoms with E-state index < -0.39 is 15.9 Å². The fourth-order valence-corrected chi connectivity index (χ4v) is 5.09. The zero-order valence-corrected chi connectivity index (χ0v) is 18.7. The number of piperidine rings is 1. The number of nitrogens with zero attached hydrogens (tertiary/aromatic N) is 3. The van der Waals surface area contributed by atoms with Gasteiger partial charge in [0, 0.05) is 25.2 Å². The largest absolute Gasteiger partial charge is 0.412 e. The molecule has 0 unspecified atom stereocenters. The summed E-state index contributed by atoms with van der Waals surface area (Å²) >= 11 is 0. The van der Waals surface area contributed by atoms with Gasteiger partial charge in [0.2, 0.25) is 15.9 Å². The number of sulfonamides is 1. The summed E-state index contributed by atoms with van der Waals surface area (Å²) in [6.45, 7) is 3.67. The molecule has 2 aromatic carbocycles. The fourth-order valence-electron chi connectivity index (χ4n) is 3.62. The maximum Gasteiger partial charge on any atom is 0.308 e. The lowest BCUT2D eigenvalue weighted by molar-refractivity contribution is 0.0920. The number of nitrogens with one attached hydrogen (secondary N) is 1. The number of rotatable bonds is 7. The van der Waals surface area contributed by atoms with Crippen LogP contribution in [0, 0.1) is 5.92 Å². The molecule has 0 spiro atoms. The SMILES string of the molecule is CC1CCN(S(=O)(=O)c2ccc(-c3nnc(C(=O)NCCc4ccccc4)o3)cc2)CC1. The molecule has 8 nitrogen and oxygen atoms in total. The number of benzene rings is 2. The smallest absolute Gasteiger partial charge is 0.308 e. The first-order valence-corrected chi connectivity index (χ1v) is 12.1. The number of amides is 1. The van der Waals surface area contributed by atoms with Gasteiger partial charge in [-0.25, -0.2) is 8.42 Å². The van der Waals surface area contributed by atoms with E-state index in [0.29, 0.717) is 37.5 Å². The summed E-state index contributed by atoms with van der Waals surface area (Å²) in [4.78, 5) is 12.5. The third-order valence-electron chi connectivity index (χ3n) is 5.64. The number of aromatic nitrogens is 2. The predicted molar refractivity (Wildman–Crippen MR) is 119 cm³/mol. The maximum absolute atomic E-state index is 12.9. The number of hydrogen-bond donors (Lipinski definition) is 1. The van der Waals surface area contributed by atoms with Crippen molar-refractivity contribution in [2.45, 2.75) is 31.1 Å². The Morgan fingerprint density at radius 1 is 1.06 bits per heavy atom. The molecule has 1 aliphatic heterocycles. The summed E-state index contributed by atoms with van der Waals surface area (Å²) in [6, 6.07) is 16.1. The molecule has 0 saturated carbocycles. The first-order chi connectivity index (χ1) is 15.4. The van der Waals surface area contributed by atoms with E-state index >= 15 is 0 Å². The van der Waals surface area contributed by atoms with E-state index in [-0.39, 0.29) is 16.7 Å². The molecule has 32 heavy (non-hydrogen) atoms. The van der Waals surface area contributed by atoms with E-state index in [1.807, 2.05) is 30.3 Å². The van der Waals surface area contributed by atoms with Gasteiger partial charge in [0.15, 0.2) is 0 Å². The van der Waals surface area contributed by atoms with Crippen molar-refractivity contribution in [2.24, 2.45) is 5.92 Å². The van der Waals surface area contributed by atoms with Gasteiger partial charge in [-0.05, 0) is 55.0 Å². The van der Waals surface area contributed by atoms with Crippen LogP contribution in [0.1, 0.15) is 36.0 Å². The zero-order chi connectivity index (χ0) is 22.6. The molecule has 1 aromatic heterocycles. The van der Waals surface area contributed by atoms with Crippen molar-refractivity contribution in [3.63, 3.8) is 0 Å². The molecular weight excluding hydrogens is 428 g/mol. The Kier molecular flexibility index (Phi) is 6.66. The lowest BCUT2D eigenvalue weighted by atomic mass is 10.0. The summed E-state index contributed by atoms with van der Waals surface area (Å²) < 4.78 is 32.7. The van der Waals surface area contributed by atoms with Gasteiger partial charge in [0.25, 0.3) is 0 Å². The minimum absolute atomic E-state index is 0.132. The third kappa shape index (κ3) is 5.05. The van der Waals surface area contributed by atoms with E-state index in [1.54, 1.807) is 12.1 Å².